The molecule has 0 saturated carbocycles. The van der Waals surface area contributed by atoms with Crippen LogP contribution in [0.5, 0.6) is 0 Å². The van der Waals surface area contributed by atoms with Crippen LogP contribution in [0.2, 0.25) is 0 Å². The Labute approximate surface area is 72.5 Å². The van der Waals surface area contributed by atoms with Gasteiger partial charge in [0.15, 0.2) is 0 Å². The minimum absolute atomic E-state index is 0.247. The Morgan fingerprint density at radius 2 is 2.42 bits per heavy atom. The summed E-state index contributed by atoms with van der Waals surface area (Å²) in [7, 11) is 0. The molecular weight excluding hydrogens is 154 g/mol. The molecule has 1 aliphatic rings. The van der Waals surface area contributed by atoms with E-state index >= 15 is 0 Å². The van der Waals surface area contributed by atoms with E-state index in [-0.39, 0.29) is 13.2 Å². The van der Waals surface area contributed by atoms with Gasteiger partial charge < -0.3 is 15.6 Å². The van der Waals surface area contributed by atoms with Crippen molar-refractivity contribution in [2.45, 2.75) is 18.9 Å². The van der Waals surface area contributed by atoms with Crippen LogP contribution in [-0.4, -0.2) is 24.4 Å². The number of ether oxygens (including phenoxy) is 1. The van der Waals surface area contributed by atoms with Crippen LogP contribution in [0.1, 0.15) is 12.8 Å². The zero-order valence-electron chi connectivity index (χ0n) is 7.07. The summed E-state index contributed by atoms with van der Waals surface area (Å²) in [6, 6.07) is 0. The lowest BCUT2D eigenvalue weighted by Crippen LogP contribution is -2.24. The third kappa shape index (κ3) is 3.07. The Morgan fingerprint density at radius 3 is 3.00 bits per heavy atom. The van der Waals surface area contributed by atoms with Crippen LogP contribution < -0.4 is 5.73 Å². The number of rotatable bonds is 4. The predicted octanol–water partition coefficient (Wildman–Crippen LogP) is 0.556. The van der Waals surface area contributed by atoms with Gasteiger partial charge in [0, 0.05) is 6.54 Å². The Bertz CT molecular complexity index is 187. The lowest BCUT2D eigenvalue weighted by atomic mass is 10.2. The Kier molecular flexibility index (Phi) is 3.84. The average Bonchev–Trinajstić information content (AvgIpc) is 2.16. The fourth-order valence-corrected chi connectivity index (χ4v) is 0.957. The van der Waals surface area contributed by atoms with Crippen LogP contribution in [0.15, 0.2) is 24.0 Å². The molecule has 3 heteroatoms. The van der Waals surface area contributed by atoms with Gasteiger partial charge in [-0.1, -0.05) is 6.08 Å². The molecule has 3 nitrogen and oxygen atoms in total. The van der Waals surface area contributed by atoms with Crippen LogP contribution in [0, 0.1) is 0 Å². The molecule has 0 saturated heterocycles. The van der Waals surface area contributed by atoms with Crippen molar-refractivity contribution in [2.75, 3.05) is 13.2 Å². The van der Waals surface area contributed by atoms with Gasteiger partial charge in [0.05, 0.1) is 0 Å². The van der Waals surface area contributed by atoms with E-state index in [0.717, 1.165) is 18.6 Å². The first-order valence-electron chi connectivity index (χ1n) is 4.20. The second-order valence-corrected chi connectivity index (χ2v) is 2.79. The summed E-state index contributed by atoms with van der Waals surface area (Å²) in [5, 5.41) is 9.09. The van der Waals surface area contributed by atoms with Crippen molar-refractivity contribution in [2.24, 2.45) is 5.73 Å². The molecule has 68 valence electrons. The molecule has 12 heavy (non-hydrogen) atoms. The highest BCUT2D eigenvalue weighted by atomic mass is 16.5. The van der Waals surface area contributed by atoms with Crippen molar-refractivity contribution in [3.63, 3.8) is 0 Å². The Hall–Kier alpha value is -0.800. The van der Waals surface area contributed by atoms with Crippen LogP contribution in [0.4, 0.5) is 0 Å². The van der Waals surface area contributed by atoms with Gasteiger partial charge in [0.1, 0.15) is 18.5 Å². The van der Waals surface area contributed by atoms with E-state index in [1.165, 1.54) is 0 Å². The van der Waals surface area contributed by atoms with Gasteiger partial charge in [-0.25, -0.2) is 0 Å². The SMILES string of the molecule is NCC(O)COC1=CCCC=C1. The first-order valence-corrected chi connectivity index (χ1v) is 4.20. The largest absolute Gasteiger partial charge is 0.491 e. The maximum Gasteiger partial charge on any atom is 0.115 e. The zero-order chi connectivity index (χ0) is 8.81. The zero-order valence-corrected chi connectivity index (χ0v) is 7.07. The standard InChI is InChI=1S/C9H15NO2/c10-6-8(11)7-12-9-4-2-1-3-5-9/h2,4-5,8,11H,1,3,6-7,10H2. The second kappa shape index (κ2) is 4.95. The number of aliphatic hydroxyl groups excluding tert-OH is 1. The minimum Gasteiger partial charge on any atom is -0.491 e. The summed E-state index contributed by atoms with van der Waals surface area (Å²) < 4.78 is 5.28. The summed E-state index contributed by atoms with van der Waals surface area (Å²) in [5.41, 5.74) is 5.22. The van der Waals surface area contributed by atoms with Crippen molar-refractivity contribution in [3.8, 4) is 0 Å². The van der Waals surface area contributed by atoms with Crippen molar-refractivity contribution < 1.29 is 9.84 Å². The predicted molar refractivity (Wildman–Crippen MR) is 47.5 cm³/mol. The highest BCUT2D eigenvalue weighted by Crippen LogP contribution is 2.10. The van der Waals surface area contributed by atoms with Gasteiger partial charge in [0.25, 0.3) is 0 Å². The molecule has 0 aromatic rings. The fourth-order valence-electron chi connectivity index (χ4n) is 0.957. The molecule has 3 N–H and O–H groups in total. The van der Waals surface area contributed by atoms with Crippen molar-refractivity contribution >= 4 is 0 Å². The molecule has 0 bridgehead atoms. The van der Waals surface area contributed by atoms with E-state index in [4.69, 9.17) is 15.6 Å². The number of allylic oxidation sites excluding steroid dienone is 3. The lowest BCUT2D eigenvalue weighted by Gasteiger charge is -2.12. The number of aliphatic hydroxyl groups is 1. The highest BCUT2D eigenvalue weighted by molar-refractivity contribution is 5.15. The van der Waals surface area contributed by atoms with E-state index in [1.54, 1.807) is 0 Å². The molecule has 0 radical (unpaired) electrons. The van der Waals surface area contributed by atoms with Gasteiger partial charge in [0.2, 0.25) is 0 Å². The van der Waals surface area contributed by atoms with Crippen LogP contribution in [0.3, 0.4) is 0 Å². The quantitative estimate of drug-likeness (QED) is 0.646. The maximum atomic E-state index is 9.09. The molecule has 0 amide bonds. The van der Waals surface area contributed by atoms with Gasteiger partial charge in [-0.2, -0.15) is 0 Å². The van der Waals surface area contributed by atoms with Crippen LogP contribution in [0.25, 0.3) is 0 Å². The second-order valence-electron chi connectivity index (χ2n) is 2.79. The number of nitrogens with two attached hydrogens (primary N) is 1. The molecule has 0 aliphatic heterocycles. The summed E-state index contributed by atoms with van der Waals surface area (Å²) in [6.07, 6.45) is 7.54. The molecular formula is C9H15NO2. The highest BCUT2D eigenvalue weighted by Gasteiger charge is 2.03. The smallest absolute Gasteiger partial charge is 0.115 e. The van der Waals surface area contributed by atoms with E-state index in [0.29, 0.717) is 0 Å². The van der Waals surface area contributed by atoms with Gasteiger partial charge >= 0.3 is 0 Å². The van der Waals surface area contributed by atoms with Crippen LogP contribution >= 0.6 is 0 Å². The van der Waals surface area contributed by atoms with Gasteiger partial charge in [-0.3, -0.25) is 0 Å². The fraction of sp³-hybridized carbons (Fsp3) is 0.556. The molecule has 0 aromatic heterocycles. The molecule has 0 spiro atoms. The van der Waals surface area contributed by atoms with Gasteiger partial charge in [-0.15, -0.1) is 0 Å². The first-order chi connectivity index (χ1) is 5.83. The van der Waals surface area contributed by atoms with Crippen LogP contribution in [-0.2, 0) is 4.74 Å². The third-order valence-electron chi connectivity index (χ3n) is 1.68. The summed E-state index contributed by atoms with van der Waals surface area (Å²) in [6.45, 7) is 0.531. The van der Waals surface area contributed by atoms with E-state index in [9.17, 15) is 0 Å². The van der Waals surface area contributed by atoms with Gasteiger partial charge in [-0.05, 0) is 25.0 Å². The monoisotopic (exact) mass is 169 g/mol. The Balaban J connectivity index is 2.22. The molecule has 0 fully saturated rings. The molecule has 1 atom stereocenters. The van der Waals surface area contributed by atoms with Crippen molar-refractivity contribution in [1.82, 2.24) is 0 Å². The normalized spacial score (nSPS) is 18.7. The molecule has 1 rings (SSSR count). The molecule has 1 unspecified atom stereocenters. The summed E-state index contributed by atoms with van der Waals surface area (Å²) in [5.74, 6) is 0.841. The van der Waals surface area contributed by atoms with Crippen molar-refractivity contribution in [1.29, 1.82) is 0 Å². The number of hydrogen-bond acceptors (Lipinski definition) is 3. The van der Waals surface area contributed by atoms with E-state index in [1.807, 2.05) is 12.2 Å². The van der Waals surface area contributed by atoms with Crippen molar-refractivity contribution in [3.05, 3.63) is 24.0 Å². The van der Waals surface area contributed by atoms with E-state index < -0.39 is 6.10 Å². The summed E-state index contributed by atoms with van der Waals surface area (Å²) in [4.78, 5) is 0. The summed E-state index contributed by atoms with van der Waals surface area (Å²) >= 11 is 0. The molecule has 0 aromatic carbocycles. The Morgan fingerprint density at radius 1 is 1.58 bits per heavy atom. The van der Waals surface area contributed by atoms with E-state index in [2.05, 4.69) is 6.08 Å². The lowest BCUT2D eigenvalue weighted by molar-refractivity contribution is 0.0808. The number of hydrogen-bond donors (Lipinski definition) is 2. The molecule has 0 heterocycles. The maximum absolute atomic E-state index is 9.09. The topological polar surface area (TPSA) is 55.5 Å². The average molecular weight is 169 g/mol. The third-order valence-corrected chi connectivity index (χ3v) is 1.68. The minimum atomic E-state index is -0.554. The first kappa shape index (κ1) is 9.29. The molecule has 1 aliphatic carbocycles.